The van der Waals surface area contributed by atoms with Gasteiger partial charge in [0.2, 0.25) is 0 Å². The lowest BCUT2D eigenvalue weighted by Crippen LogP contribution is -1.96. The Bertz CT molecular complexity index is 451. The molecule has 0 fully saturated rings. The van der Waals surface area contributed by atoms with Crippen LogP contribution in [0.2, 0.25) is 0 Å². The number of aromatic nitrogens is 2. The Kier molecular flexibility index (Phi) is 12.9. The minimum atomic E-state index is 0.712. The number of nitrogens with zero attached hydrogens (tertiary/aromatic N) is 2. The molecule has 1 aromatic rings. The van der Waals surface area contributed by atoms with Crippen LogP contribution in [0.25, 0.3) is 0 Å². The quantitative estimate of drug-likeness (QED) is 0.313. The van der Waals surface area contributed by atoms with Crippen molar-refractivity contribution in [2.75, 3.05) is 0 Å². The average Bonchev–Trinajstić information content (AvgIpc) is 2.53. The summed E-state index contributed by atoms with van der Waals surface area (Å²) in [6.45, 7) is 12.8. The lowest BCUT2D eigenvalue weighted by molar-refractivity contribution is 0.580. The van der Waals surface area contributed by atoms with Crippen molar-refractivity contribution in [3.05, 3.63) is 41.2 Å². The summed E-state index contributed by atoms with van der Waals surface area (Å²) in [5, 5.41) is 1.04. The molecule has 0 aliphatic heterocycles. The van der Waals surface area contributed by atoms with Crippen LogP contribution >= 0.6 is 11.8 Å². The monoisotopic (exact) mass is 320 g/mol. The van der Waals surface area contributed by atoms with Crippen LogP contribution in [0.4, 0.5) is 0 Å². The van der Waals surface area contributed by atoms with Crippen molar-refractivity contribution in [1.82, 2.24) is 9.97 Å². The first-order valence-electron chi connectivity index (χ1n) is 8.51. The third-order valence-electron chi connectivity index (χ3n) is 2.82. The molecule has 124 valence electrons. The lowest BCUT2D eigenvalue weighted by Gasteiger charge is -2.06. The number of hydrogen-bond acceptors (Lipinski definition) is 3. The highest BCUT2D eigenvalue weighted by molar-refractivity contribution is 8.03. The predicted octanol–water partition coefficient (Wildman–Crippen LogP) is 6.44. The van der Waals surface area contributed by atoms with Crippen LogP contribution in [0.1, 0.15) is 66.5 Å². The van der Waals surface area contributed by atoms with Gasteiger partial charge in [-0.25, -0.2) is 9.97 Å². The van der Waals surface area contributed by atoms with Gasteiger partial charge in [0.1, 0.15) is 11.4 Å². The van der Waals surface area contributed by atoms with E-state index in [4.69, 9.17) is 0 Å². The van der Waals surface area contributed by atoms with E-state index in [1.54, 1.807) is 18.1 Å². The van der Waals surface area contributed by atoms with E-state index in [1.165, 1.54) is 11.3 Å². The highest BCUT2D eigenvalue weighted by atomic mass is 32.2. The van der Waals surface area contributed by atoms with E-state index in [0.717, 1.165) is 30.0 Å². The maximum absolute atomic E-state index is 4.37. The molecule has 0 saturated carbocycles. The van der Waals surface area contributed by atoms with E-state index in [-0.39, 0.29) is 0 Å². The minimum Gasteiger partial charge on any atom is -0.241 e. The first-order valence-corrected chi connectivity index (χ1v) is 9.32. The topological polar surface area (TPSA) is 25.8 Å². The molecular formula is C19H32N2S. The summed E-state index contributed by atoms with van der Waals surface area (Å²) in [7, 11) is 0. The summed E-state index contributed by atoms with van der Waals surface area (Å²) in [6.07, 6.45) is 12.6. The van der Waals surface area contributed by atoms with Crippen LogP contribution in [0.3, 0.4) is 0 Å². The van der Waals surface area contributed by atoms with Gasteiger partial charge in [0.05, 0.1) is 0 Å². The molecule has 0 unspecified atom stereocenters. The average molecular weight is 321 g/mol. The SMILES string of the molecule is CC.CC/C=C\C(=C/CC)Sc1cc(CCC(C)C)ncn1. The Balaban J connectivity index is 0.00000211. The second-order valence-electron chi connectivity index (χ2n) is 5.21. The van der Waals surface area contributed by atoms with Crippen LogP contribution in [0, 0.1) is 5.92 Å². The summed E-state index contributed by atoms with van der Waals surface area (Å²) in [5.74, 6) is 0.712. The fourth-order valence-corrected chi connectivity index (χ4v) is 2.66. The molecular weight excluding hydrogens is 288 g/mol. The van der Waals surface area contributed by atoms with Gasteiger partial charge in [-0.15, -0.1) is 0 Å². The summed E-state index contributed by atoms with van der Waals surface area (Å²) >= 11 is 1.72. The second-order valence-corrected chi connectivity index (χ2v) is 6.30. The fraction of sp³-hybridized carbons (Fsp3) is 0.579. The van der Waals surface area contributed by atoms with Gasteiger partial charge in [-0.2, -0.15) is 0 Å². The van der Waals surface area contributed by atoms with Crippen LogP contribution in [0.5, 0.6) is 0 Å². The number of thioether (sulfide) groups is 1. The highest BCUT2D eigenvalue weighted by Crippen LogP contribution is 2.26. The van der Waals surface area contributed by atoms with Gasteiger partial charge in [0.15, 0.2) is 0 Å². The van der Waals surface area contributed by atoms with Crippen LogP contribution in [0.15, 0.2) is 40.6 Å². The minimum absolute atomic E-state index is 0.712. The molecule has 0 aliphatic rings. The molecule has 22 heavy (non-hydrogen) atoms. The van der Waals surface area contributed by atoms with E-state index >= 15 is 0 Å². The standard InChI is InChI=1S/C17H26N2S.C2H6/c1-5-7-9-16(8-6-2)20-17-12-15(18-13-19-17)11-10-14(3)4;1-2/h7-9,12-14H,5-6,10-11H2,1-4H3;1-2H3/b9-7-,16-8+;. The highest BCUT2D eigenvalue weighted by Gasteiger charge is 2.03. The van der Waals surface area contributed by atoms with E-state index in [2.05, 4.69) is 62.0 Å². The maximum Gasteiger partial charge on any atom is 0.116 e. The molecule has 3 heteroatoms. The van der Waals surface area contributed by atoms with Crippen LogP contribution < -0.4 is 0 Å². The van der Waals surface area contributed by atoms with E-state index in [1.807, 2.05) is 13.8 Å². The van der Waals surface area contributed by atoms with Gasteiger partial charge >= 0.3 is 0 Å². The zero-order valence-electron chi connectivity index (χ0n) is 15.1. The largest absolute Gasteiger partial charge is 0.241 e. The van der Waals surface area contributed by atoms with Crippen molar-refractivity contribution in [3.8, 4) is 0 Å². The van der Waals surface area contributed by atoms with Crippen molar-refractivity contribution in [2.24, 2.45) is 5.92 Å². The number of rotatable bonds is 8. The predicted molar refractivity (Wildman–Crippen MR) is 100 cm³/mol. The Labute approximate surface area is 141 Å². The number of hydrogen-bond donors (Lipinski definition) is 0. The smallest absolute Gasteiger partial charge is 0.116 e. The van der Waals surface area contributed by atoms with Gasteiger partial charge in [-0.3, -0.25) is 0 Å². The normalized spacial score (nSPS) is 11.7. The molecule has 0 radical (unpaired) electrons. The van der Waals surface area contributed by atoms with Crippen molar-refractivity contribution in [3.63, 3.8) is 0 Å². The van der Waals surface area contributed by atoms with E-state index in [9.17, 15) is 0 Å². The molecule has 2 nitrogen and oxygen atoms in total. The van der Waals surface area contributed by atoms with E-state index in [0.29, 0.717) is 5.92 Å². The molecule has 1 heterocycles. The van der Waals surface area contributed by atoms with Crippen molar-refractivity contribution < 1.29 is 0 Å². The van der Waals surface area contributed by atoms with E-state index < -0.39 is 0 Å². The molecule has 0 spiro atoms. The Morgan fingerprint density at radius 2 is 1.91 bits per heavy atom. The Hall–Kier alpha value is -1.09. The molecule has 0 saturated heterocycles. The summed E-state index contributed by atoms with van der Waals surface area (Å²) < 4.78 is 0. The molecule has 0 N–H and O–H groups in total. The van der Waals surface area contributed by atoms with Gasteiger partial charge < -0.3 is 0 Å². The summed E-state index contributed by atoms with van der Waals surface area (Å²) in [5.41, 5.74) is 1.14. The molecule has 0 atom stereocenters. The van der Waals surface area contributed by atoms with Gasteiger partial charge in [0, 0.05) is 10.6 Å². The molecule has 0 aliphatic carbocycles. The third-order valence-corrected chi connectivity index (χ3v) is 3.79. The van der Waals surface area contributed by atoms with Crippen LogP contribution in [-0.2, 0) is 6.42 Å². The molecule has 0 aromatic carbocycles. The van der Waals surface area contributed by atoms with Crippen molar-refractivity contribution in [2.45, 2.75) is 72.3 Å². The van der Waals surface area contributed by atoms with Gasteiger partial charge in [-0.05, 0) is 37.7 Å². The Morgan fingerprint density at radius 3 is 2.50 bits per heavy atom. The third kappa shape index (κ3) is 9.78. The van der Waals surface area contributed by atoms with Crippen molar-refractivity contribution in [1.29, 1.82) is 0 Å². The summed E-state index contributed by atoms with van der Waals surface area (Å²) in [6, 6.07) is 2.12. The molecule has 0 amide bonds. The Morgan fingerprint density at radius 1 is 1.18 bits per heavy atom. The molecule has 1 aromatic heterocycles. The first-order chi connectivity index (χ1) is 10.7. The first kappa shape index (κ1) is 20.9. The maximum atomic E-state index is 4.37. The fourth-order valence-electron chi connectivity index (χ4n) is 1.71. The molecule has 0 bridgehead atoms. The zero-order chi connectivity index (χ0) is 16.8. The van der Waals surface area contributed by atoms with Gasteiger partial charge in [-0.1, -0.05) is 71.5 Å². The number of allylic oxidation sites excluding steroid dienone is 3. The van der Waals surface area contributed by atoms with Crippen molar-refractivity contribution >= 4 is 11.8 Å². The molecule has 1 rings (SSSR count). The van der Waals surface area contributed by atoms with Crippen LogP contribution in [-0.4, -0.2) is 9.97 Å². The lowest BCUT2D eigenvalue weighted by atomic mass is 10.1. The second kappa shape index (κ2) is 13.6. The zero-order valence-corrected chi connectivity index (χ0v) is 15.9. The number of aryl methyl sites for hydroxylation is 1. The van der Waals surface area contributed by atoms with Gasteiger partial charge in [0.25, 0.3) is 0 Å². The summed E-state index contributed by atoms with van der Waals surface area (Å²) in [4.78, 5) is 10.0.